The molecule has 29 heavy (non-hydrogen) atoms. The van der Waals surface area contributed by atoms with Gasteiger partial charge in [-0.3, -0.25) is 9.79 Å². The Morgan fingerprint density at radius 1 is 1.00 bits per heavy atom. The molecule has 0 spiro atoms. The first-order chi connectivity index (χ1) is 14.0. The number of aryl methyl sites for hydroxylation is 1. The van der Waals surface area contributed by atoms with Crippen LogP contribution in [0, 0.1) is 0 Å². The highest BCUT2D eigenvalue weighted by molar-refractivity contribution is 5.94. The maximum absolute atomic E-state index is 12.1. The van der Waals surface area contributed by atoms with Crippen molar-refractivity contribution < 1.29 is 9.53 Å². The van der Waals surface area contributed by atoms with Gasteiger partial charge in [0.25, 0.3) is 5.91 Å². The van der Waals surface area contributed by atoms with Crippen LogP contribution in [0.25, 0.3) is 0 Å². The summed E-state index contributed by atoms with van der Waals surface area (Å²) in [6.07, 6.45) is 2.84. The largest absolute Gasteiger partial charge is 0.497 e. The number of methoxy groups -OCH3 is 1. The molecule has 1 amide bonds. The van der Waals surface area contributed by atoms with Crippen LogP contribution in [0.1, 0.15) is 27.9 Å². The summed E-state index contributed by atoms with van der Waals surface area (Å²) in [5.74, 6) is 1.70. The van der Waals surface area contributed by atoms with E-state index in [2.05, 4.69) is 27.8 Å². The van der Waals surface area contributed by atoms with Crippen molar-refractivity contribution in [1.29, 1.82) is 0 Å². The van der Waals surface area contributed by atoms with E-state index in [0.29, 0.717) is 5.56 Å². The highest BCUT2D eigenvalue weighted by Gasteiger charge is 2.08. The van der Waals surface area contributed by atoms with Gasteiger partial charge in [0.1, 0.15) is 5.75 Å². The third kappa shape index (κ3) is 7.49. The molecule has 6 nitrogen and oxygen atoms in total. The molecule has 0 unspecified atom stereocenters. The number of carbonyl (C=O) groups is 1. The molecule has 0 aliphatic heterocycles. The predicted octanol–water partition coefficient (Wildman–Crippen LogP) is 2.74. The van der Waals surface area contributed by atoms with Crippen molar-refractivity contribution >= 4 is 11.9 Å². The quantitative estimate of drug-likeness (QED) is 0.389. The van der Waals surface area contributed by atoms with Crippen molar-refractivity contribution in [3.8, 4) is 5.75 Å². The monoisotopic (exact) mass is 396 g/mol. The lowest BCUT2D eigenvalue weighted by Crippen LogP contribution is -2.38. The van der Waals surface area contributed by atoms with Crippen molar-refractivity contribution in [3.63, 3.8) is 0 Å². The second-order valence-corrected chi connectivity index (χ2v) is 7.03. The molecule has 2 N–H and O–H groups in total. The van der Waals surface area contributed by atoms with Gasteiger partial charge in [0.2, 0.25) is 0 Å². The van der Waals surface area contributed by atoms with Crippen LogP contribution in [-0.2, 0) is 12.8 Å². The van der Waals surface area contributed by atoms with E-state index in [1.165, 1.54) is 5.56 Å². The SMILES string of the molecule is CN=C(NCCCc1ccc(OC)cc1)NCCc1cccc(C(=O)N(C)C)c1. The first-order valence-corrected chi connectivity index (χ1v) is 9.91. The smallest absolute Gasteiger partial charge is 0.253 e. The fraction of sp³-hybridized carbons (Fsp3) is 0.391. The Labute approximate surface area is 174 Å². The summed E-state index contributed by atoms with van der Waals surface area (Å²) < 4.78 is 5.18. The van der Waals surface area contributed by atoms with Crippen LogP contribution in [0.2, 0.25) is 0 Å². The molecular weight excluding hydrogens is 364 g/mol. The van der Waals surface area contributed by atoms with Gasteiger partial charge in [-0.1, -0.05) is 24.3 Å². The first kappa shape index (κ1) is 22.3. The number of guanidine groups is 1. The molecule has 2 aromatic carbocycles. The number of ether oxygens (including phenoxy) is 1. The fourth-order valence-electron chi connectivity index (χ4n) is 2.96. The Bertz CT molecular complexity index is 801. The van der Waals surface area contributed by atoms with Gasteiger partial charge >= 0.3 is 0 Å². The van der Waals surface area contributed by atoms with Crippen molar-refractivity contribution in [2.45, 2.75) is 19.3 Å². The van der Waals surface area contributed by atoms with Gasteiger partial charge in [0, 0.05) is 39.8 Å². The summed E-state index contributed by atoms with van der Waals surface area (Å²) in [7, 11) is 6.98. The van der Waals surface area contributed by atoms with Gasteiger partial charge in [-0.05, 0) is 54.7 Å². The molecule has 0 saturated carbocycles. The maximum Gasteiger partial charge on any atom is 0.253 e. The molecule has 6 heteroatoms. The van der Waals surface area contributed by atoms with Crippen molar-refractivity contribution in [2.75, 3.05) is 41.3 Å². The first-order valence-electron chi connectivity index (χ1n) is 9.91. The standard InChI is InChI=1S/C23H32N4O2/c1-24-23(25-15-6-8-18-10-12-21(29-4)13-11-18)26-16-14-19-7-5-9-20(17-19)22(28)27(2)3/h5,7,9-13,17H,6,8,14-16H2,1-4H3,(H2,24,25,26). The second-order valence-electron chi connectivity index (χ2n) is 7.03. The minimum atomic E-state index is 0.0224. The van der Waals surface area contributed by atoms with Gasteiger partial charge in [0.15, 0.2) is 5.96 Å². The third-order valence-electron chi connectivity index (χ3n) is 4.60. The van der Waals surface area contributed by atoms with E-state index in [0.717, 1.165) is 49.6 Å². The lowest BCUT2D eigenvalue weighted by atomic mass is 10.1. The highest BCUT2D eigenvalue weighted by atomic mass is 16.5. The summed E-state index contributed by atoms with van der Waals surface area (Å²) in [5, 5.41) is 6.68. The molecule has 2 aromatic rings. The normalized spacial score (nSPS) is 11.1. The van der Waals surface area contributed by atoms with Crippen molar-refractivity contribution in [1.82, 2.24) is 15.5 Å². The van der Waals surface area contributed by atoms with Crippen molar-refractivity contribution in [3.05, 3.63) is 65.2 Å². The summed E-state index contributed by atoms with van der Waals surface area (Å²) in [5.41, 5.74) is 3.14. The van der Waals surface area contributed by atoms with Gasteiger partial charge in [-0.15, -0.1) is 0 Å². The zero-order chi connectivity index (χ0) is 21.1. The Hall–Kier alpha value is -3.02. The highest BCUT2D eigenvalue weighted by Crippen LogP contribution is 2.12. The number of amides is 1. The average molecular weight is 397 g/mol. The van der Waals surface area contributed by atoms with E-state index in [9.17, 15) is 4.79 Å². The van der Waals surface area contributed by atoms with E-state index < -0.39 is 0 Å². The van der Waals surface area contributed by atoms with Crippen LogP contribution >= 0.6 is 0 Å². The Balaban J connectivity index is 1.71. The molecule has 0 saturated heterocycles. The zero-order valence-corrected chi connectivity index (χ0v) is 17.9. The molecule has 0 aromatic heterocycles. The van der Waals surface area contributed by atoms with E-state index in [1.54, 1.807) is 33.2 Å². The van der Waals surface area contributed by atoms with Gasteiger partial charge in [-0.25, -0.2) is 0 Å². The third-order valence-corrected chi connectivity index (χ3v) is 4.60. The topological polar surface area (TPSA) is 66.0 Å². The fourth-order valence-corrected chi connectivity index (χ4v) is 2.96. The van der Waals surface area contributed by atoms with Crippen LogP contribution in [0.5, 0.6) is 5.75 Å². The van der Waals surface area contributed by atoms with E-state index in [4.69, 9.17) is 4.74 Å². The number of carbonyl (C=O) groups excluding carboxylic acids is 1. The van der Waals surface area contributed by atoms with E-state index >= 15 is 0 Å². The summed E-state index contributed by atoms with van der Waals surface area (Å²) in [4.78, 5) is 17.9. The Morgan fingerprint density at radius 3 is 2.38 bits per heavy atom. The predicted molar refractivity (Wildman–Crippen MR) is 119 cm³/mol. The summed E-state index contributed by atoms with van der Waals surface area (Å²) >= 11 is 0. The van der Waals surface area contributed by atoms with E-state index in [-0.39, 0.29) is 5.91 Å². The zero-order valence-electron chi connectivity index (χ0n) is 17.9. The second kappa shape index (κ2) is 11.7. The van der Waals surface area contributed by atoms with Gasteiger partial charge < -0.3 is 20.3 Å². The van der Waals surface area contributed by atoms with Crippen LogP contribution in [0.3, 0.4) is 0 Å². The minimum absolute atomic E-state index is 0.0224. The Morgan fingerprint density at radius 2 is 1.72 bits per heavy atom. The van der Waals surface area contributed by atoms with Gasteiger partial charge in [-0.2, -0.15) is 0 Å². The number of aliphatic imine (C=N–C) groups is 1. The molecule has 2 rings (SSSR count). The number of nitrogens with zero attached hydrogens (tertiary/aromatic N) is 2. The Kier molecular flexibility index (Phi) is 9.02. The van der Waals surface area contributed by atoms with E-state index in [1.807, 2.05) is 36.4 Å². The lowest BCUT2D eigenvalue weighted by molar-refractivity contribution is 0.0827. The summed E-state index contributed by atoms with van der Waals surface area (Å²) in [6.45, 7) is 1.59. The average Bonchev–Trinajstić information content (AvgIpc) is 2.75. The van der Waals surface area contributed by atoms with Gasteiger partial charge in [0.05, 0.1) is 7.11 Å². The van der Waals surface area contributed by atoms with Crippen LogP contribution in [0.15, 0.2) is 53.5 Å². The molecule has 0 aliphatic carbocycles. The van der Waals surface area contributed by atoms with Crippen LogP contribution in [0.4, 0.5) is 0 Å². The maximum atomic E-state index is 12.1. The molecule has 0 fully saturated rings. The molecule has 0 atom stereocenters. The molecule has 0 heterocycles. The molecule has 0 radical (unpaired) electrons. The summed E-state index contributed by atoms with van der Waals surface area (Å²) in [6, 6.07) is 16.0. The van der Waals surface area contributed by atoms with Crippen LogP contribution < -0.4 is 15.4 Å². The van der Waals surface area contributed by atoms with Crippen molar-refractivity contribution in [2.24, 2.45) is 4.99 Å². The number of rotatable bonds is 9. The molecule has 0 bridgehead atoms. The number of hydrogen-bond donors (Lipinski definition) is 2. The molecule has 0 aliphatic rings. The lowest BCUT2D eigenvalue weighted by Gasteiger charge is -2.13. The minimum Gasteiger partial charge on any atom is -0.497 e. The number of nitrogens with one attached hydrogen (secondary N) is 2. The molecular formula is C23H32N4O2. The van der Waals surface area contributed by atoms with Crippen LogP contribution in [-0.4, -0.2) is 58.1 Å². The number of hydrogen-bond acceptors (Lipinski definition) is 3. The number of benzene rings is 2. The molecule has 156 valence electrons.